The molecule has 0 aliphatic rings. The maximum atomic E-state index is 12.1. The number of carbonyl (C=O) groups excluding carboxylic acids is 1. The van der Waals surface area contributed by atoms with Crippen LogP contribution in [-0.4, -0.2) is 31.6 Å². The molecule has 1 amide bonds. The quantitative estimate of drug-likeness (QED) is 0.499. The molecule has 0 aromatic heterocycles. The minimum Gasteiger partial charge on any atom is -0.493 e. The number of carbonyl (C=O) groups is 1. The lowest BCUT2D eigenvalue weighted by molar-refractivity contribution is -0.385. The Morgan fingerprint density at radius 2 is 1.64 bits per heavy atom. The fourth-order valence-corrected chi connectivity index (χ4v) is 2.91. The van der Waals surface area contributed by atoms with Gasteiger partial charge in [-0.15, -0.1) is 0 Å². The highest BCUT2D eigenvalue weighted by molar-refractivity contribution is 5.76. The van der Waals surface area contributed by atoms with Crippen LogP contribution >= 0.6 is 0 Å². The van der Waals surface area contributed by atoms with Gasteiger partial charge in [0, 0.05) is 18.5 Å². The van der Waals surface area contributed by atoms with Crippen LogP contribution in [0.2, 0.25) is 0 Å². The Bertz CT molecular complexity index is 818. The number of hydrogen-bond donors (Lipinski definition) is 1. The normalized spacial score (nSPS) is 10.4. The van der Waals surface area contributed by atoms with Gasteiger partial charge >= 0.3 is 0 Å². The maximum Gasteiger partial charge on any atom is 0.276 e. The number of hydrogen-bond acceptors (Lipinski definition) is 5. The average molecular weight is 386 g/mol. The van der Waals surface area contributed by atoms with Crippen LogP contribution < -0.4 is 14.8 Å². The third-order valence-corrected chi connectivity index (χ3v) is 4.57. The molecule has 0 spiro atoms. The predicted molar refractivity (Wildman–Crippen MR) is 107 cm³/mol. The van der Waals surface area contributed by atoms with E-state index in [1.54, 1.807) is 6.07 Å². The Labute approximate surface area is 164 Å². The zero-order valence-corrected chi connectivity index (χ0v) is 16.5. The van der Waals surface area contributed by atoms with Crippen molar-refractivity contribution in [2.75, 3.05) is 20.8 Å². The molecule has 2 rings (SSSR count). The molecule has 0 saturated heterocycles. The maximum absolute atomic E-state index is 12.1. The van der Waals surface area contributed by atoms with Gasteiger partial charge in [-0.3, -0.25) is 14.9 Å². The van der Waals surface area contributed by atoms with Gasteiger partial charge in [-0.05, 0) is 36.5 Å². The van der Waals surface area contributed by atoms with Crippen molar-refractivity contribution in [1.29, 1.82) is 0 Å². The van der Waals surface area contributed by atoms with Gasteiger partial charge in [0.15, 0.2) is 11.5 Å². The molecule has 150 valence electrons. The fourth-order valence-electron chi connectivity index (χ4n) is 2.91. The largest absolute Gasteiger partial charge is 0.493 e. The van der Waals surface area contributed by atoms with Crippen LogP contribution in [0.25, 0.3) is 0 Å². The zero-order chi connectivity index (χ0) is 20.5. The first-order chi connectivity index (χ1) is 13.5. The Hall–Kier alpha value is -3.09. The van der Waals surface area contributed by atoms with E-state index in [0.717, 1.165) is 12.0 Å². The van der Waals surface area contributed by atoms with E-state index in [9.17, 15) is 14.9 Å². The molecule has 0 fully saturated rings. The van der Waals surface area contributed by atoms with Crippen LogP contribution in [0.1, 0.15) is 30.0 Å². The molecule has 0 aliphatic heterocycles. The summed E-state index contributed by atoms with van der Waals surface area (Å²) in [5.74, 6) is 0.642. The topological polar surface area (TPSA) is 90.7 Å². The number of nitrogens with one attached hydrogen (secondary N) is 1. The van der Waals surface area contributed by atoms with Crippen LogP contribution in [0.3, 0.4) is 0 Å². The molecule has 1 N–H and O–H groups in total. The number of nitro benzene ring substituents is 1. The molecule has 28 heavy (non-hydrogen) atoms. The second kappa shape index (κ2) is 10.3. The molecule has 0 heterocycles. The van der Waals surface area contributed by atoms with E-state index in [2.05, 4.69) is 24.4 Å². The van der Waals surface area contributed by atoms with Gasteiger partial charge in [-0.2, -0.15) is 0 Å². The smallest absolute Gasteiger partial charge is 0.276 e. The van der Waals surface area contributed by atoms with E-state index in [4.69, 9.17) is 9.47 Å². The molecular formula is C21H26N2O5. The van der Waals surface area contributed by atoms with E-state index in [-0.39, 0.29) is 11.6 Å². The van der Waals surface area contributed by atoms with E-state index < -0.39 is 4.92 Å². The second-order valence-corrected chi connectivity index (χ2v) is 6.36. The Balaban J connectivity index is 1.90. The number of amides is 1. The van der Waals surface area contributed by atoms with Gasteiger partial charge in [-0.25, -0.2) is 0 Å². The molecule has 0 saturated carbocycles. The highest BCUT2D eigenvalue weighted by Gasteiger charge is 2.19. The lowest BCUT2D eigenvalue weighted by Gasteiger charge is -2.11. The molecule has 7 nitrogen and oxygen atoms in total. The summed E-state index contributed by atoms with van der Waals surface area (Å²) in [5.41, 5.74) is 2.81. The number of benzene rings is 2. The second-order valence-electron chi connectivity index (χ2n) is 6.36. The molecule has 0 aliphatic carbocycles. The molecule has 2 aromatic rings. The lowest BCUT2D eigenvalue weighted by atomic mass is 10.1. The van der Waals surface area contributed by atoms with Gasteiger partial charge in [-0.1, -0.05) is 31.2 Å². The monoisotopic (exact) mass is 386 g/mol. The highest BCUT2D eigenvalue weighted by Crippen LogP contribution is 2.34. The summed E-state index contributed by atoms with van der Waals surface area (Å²) in [6.07, 6.45) is 2.35. The van der Waals surface area contributed by atoms with Gasteiger partial charge in [0.25, 0.3) is 5.69 Å². The molecule has 2 aromatic carbocycles. The molecule has 0 bridgehead atoms. The molecule has 0 atom stereocenters. The number of nitrogens with zero attached hydrogens (tertiary/aromatic N) is 1. The van der Waals surface area contributed by atoms with Crippen molar-refractivity contribution < 1.29 is 19.2 Å². The number of rotatable bonds is 10. The van der Waals surface area contributed by atoms with Crippen LogP contribution in [0.5, 0.6) is 11.5 Å². The van der Waals surface area contributed by atoms with Crippen LogP contribution in [0.15, 0.2) is 36.4 Å². The van der Waals surface area contributed by atoms with E-state index >= 15 is 0 Å². The first-order valence-corrected chi connectivity index (χ1v) is 9.22. The van der Waals surface area contributed by atoms with Crippen molar-refractivity contribution in [2.45, 2.75) is 32.6 Å². The first-order valence-electron chi connectivity index (χ1n) is 9.22. The number of ether oxygens (including phenoxy) is 2. The van der Waals surface area contributed by atoms with E-state index in [1.165, 1.54) is 25.8 Å². The lowest BCUT2D eigenvalue weighted by Crippen LogP contribution is -2.26. The highest BCUT2D eigenvalue weighted by atomic mass is 16.6. The van der Waals surface area contributed by atoms with Gasteiger partial charge in [0.2, 0.25) is 5.91 Å². The van der Waals surface area contributed by atoms with Crippen molar-refractivity contribution in [2.24, 2.45) is 0 Å². The first kappa shape index (κ1) is 21.2. The van der Waals surface area contributed by atoms with Gasteiger partial charge < -0.3 is 14.8 Å². The summed E-state index contributed by atoms with van der Waals surface area (Å²) in [6, 6.07) is 11.2. The van der Waals surface area contributed by atoms with Crippen molar-refractivity contribution in [3.05, 3.63) is 63.2 Å². The number of methoxy groups -OCH3 is 2. The zero-order valence-electron chi connectivity index (χ0n) is 16.5. The summed E-state index contributed by atoms with van der Waals surface area (Å²) in [4.78, 5) is 22.9. The molecule has 7 heteroatoms. The summed E-state index contributed by atoms with van der Waals surface area (Å²) in [5, 5.41) is 14.1. The van der Waals surface area contributed by atoms with E-state index in [1.807, 2.05) is 12.1 Å². The Kier molecular flexibility index (Phi) is 7.80. The van der Waals surface area contributed by atoms with Gasteiger partial charge in [0.1, 0.15) is 0 Å². The summed E-state index contributed by atoms with van der Waals surface area (Å²) in [6.45, 7) is 2.41. The third-order valence-electron chi connectivity index (χ3n) is 4.57. The molecule has 0 radical (unpaired) electrons. The molecular weight excluding hydrogens is 360 g/mol. The minimum absolute atomic E-state index is 0.0529. The number of aryl methyl sites for hydroxylation is 2. The minimum atomic E-state index is -0.459. The summed E-state index contributed by atoms with van der Waals surface area (Å²) >= 11 is 0. The number of nitro groups is 1. The van der Waals surface area contributed by atoms with Gasteiger partial charge in [0.05, 0.1) is 25.2 Å². The van der Waals surface area contributed by atoms with Crippen LogP contribution in [-0.2, 0) is 24.1 Å². The van der Waals surface area contributed by atoms with Crippen LogP contribution in [0, 0.1) is 10.1 Å². The average Bonchev–Trinajstić information content (AvgIpc) is 2.71. The summed E-state index contributed by atoms with van der Waals surface area (Å²) < 4.78 is 10.3. The fraction of sp³-hybridized carbons (Fsp3) is 0.381. The molecule has 0 unspecified atom stereocenters. The van der Waals surface area contributed by atoms with Crippen molar-refractivity contribution >= 4 is 11.6 Å². The van der Waals surface area contributed by atoms with Crippen LogP contribution in [0.4, 0.5) is 5.69 Å². The van der Waals surface area contributed by atoms with Crippen molar-refractivity contribution in [3.63, 3.8) is 0 Å². The SMILES string of the molecule is CCc1ccc(CCC(=O)NCCc2cc(OC)c(OC)cc2[N+](=O)[O-])cc1. The van der Waals surface area contributed by atoms with Crippen molar-refractivity contribution in [1.82, 2.24) is 5.32 Å². The van der Waals surface area contributed by atoms with E-state index in [0.29, 0.717) is 42.9 Å². The Morgan fingerprint density at radius 1 is 1.04 bits per heavy atom. The third kappa shape index (κ3) is 5.70. The standard InChI is InChI=1S/C21H26N2O5/c1-4-15-5-7-16(8-6-15)9-10-21(24)22-12-11-17-13-19(27-2)20(28-3)14-18(17)23(25)26/h5-8,13-14H,4,9-12H2,1-3H3,(H,22,24). The van der Waals surface area contributed by atoms with Crippen molar-refractivity contribution in [3.8, 4) is 11.5 Å². The Morgan fingerprint density at radius 3 is 2.21 bits per heavy atom. The summed E-state index contributed by atoms with van der Waals surface area (Å²) in [7, 11) is 2.90. The predicted octanol–water partition coefficient (Wildman–Crippen LogP) is 3.47.